The van der Waals surface area contributed by atoms with Crippen LogP contribution in [-0.4, -0.2) is 41.1 Å². The molecule has 0 aliphatic rings. The molecule has 2 rings (SSSR count). The number of amides is 1. The number of ether oxygens (including phenoxy) is 1. The van der Waals surface area contributed by atoms with E-state index in [9.17, 15) is 14.9 Å². The van der Waals surface area contributed by atoms with Gasteiger partial charge in [0, 0.05) is 13.7 Å². The first-order valence-corrected chi connectivity index (χ1v) is 7.45. The molecule has 0 radical (unpaired) electrons. The number of hydrazine groups is 1. The van der Waals surface area contributed by atoms with Crippen LogP contribution in [0.3, 0.4) is 0 Å². The zero-order chi connectivity index (χ0) is 18.2. The largest absolute Gasteiger partial charge is 0.383 e. The van der Waals surface area contributed by atoms with E-state index in [-0.39, 0.29) is 22.2 Å². The minimum absolute atomic E-state index is 0.00606. The number of nitrogens with zero attached hydrogens (tertiary/aromatic N) is 3. The van der Waals surface area contributed by atoms with Gasteiger partial charge in [0.15, 0.2) is 0 Å². The van der Waals surface area contributed by atoms with Crippen LogP contribution in [0.5, 0.6) is 0 Å². The number of rotatable bonds is 8. The van der Waals surface area contributed by atoms with Crippen molar-refractivity contribution in [2.45, 2.75) is 0 Å². The minimum Gasteiger partial charge on any atom is -0.383 e. The van der Waals surface area contributed by atoms with E-state index in [1.54, 1.807) is 18.2 Å². The molecule has 0 aliphatic heterocycles. The molecular weight excluding hydrogens is 352 g/mol. The molecule has 132 valence electrons. The van der Waals surface area contributed by atoms with Crippen molar-refractivity contribution in [3.8, 4) is 0 Å². The number of anilines is 2. The van der Waals surface area contributed by atoms with Crippen molar-refractivity contribution in [3.05, 3.63) is 51.3 Å². The summed E-state index contributed by atoms with van der Waals surface area (Å²) in [6.45, 7) is 0.660. The summed E-state index contributed by atoms with van der Waals surface area (Å²) in [6.07, 6.45) is 1.13. The summed E-state index contributed by atoms with van der Waals surface area (Å²) < 4.78 is 4.87. The SMILES string of the molecule is COCCNc1ncnc(NNC(=O)c2ccccc2Cl)c1[N+](=O)[O-]. The molecule has 25 heavy (non-hydrogen) atoms. The molecule has 1 aromatic heterocycles. The maximum Gasteiger partial charge on any atom is 0.354 e. The molecule has 2 aromatic rings. The monoisotopic (exact) mass is 366 g/mol. The van der Waals surface area contributed by atoms with E-state index in [0.29, 0.717) is 13.2 Å². The van der Waals surface area contributed by atoms with Gasteiger partial charge in [0.25, 0.3) is 5.91 Å². The second kappa shape index (κ2) is 8.76. The van der Waals surface area contributed by atoms with Gasteiger partial charge in [0.1, 0.15) is 6.33 Å². The standard InChI is InChI=1S/C14H15ClN6O4/c1-25-7-6-16-12-11(21(23)24)13(18-8-17-12)19-20-14(22)9-4-2-3-5-10(9)15/h2-5,8H,6-7H2,1H3,(H,20,22)(H2,16,17,18,19). The van der Waals surface area contributed by atoms with Gasteiger partial charge in [-0.25, -0.2) is 9.97 Å². The highest BCUT2D eigenvalue weighted by Crippen LogP contribution is 2.28. The third-order valence-electron chi connectivity index (χ3n) is 3.02. The van der Waals surface area contributed by atoms with Crippen molar-refractivity contribution in [3.63, 3.8) is 0 Å². The Morgan fingerprint density at radius 2 is 2.04 bits per heavy atom. The quantitative estimate of drug-likeness (QED) is 0.366. The lowest BCUT2D eigenvalue weighted by atomic mass is 10.2. The molecule has 10 nitrogen and oxygen atoms in total. The molecule has 1 amide bonds. The Morgan fingerprint density at radius 1 is 1.32 bits per heavy atom. The number of aromatic nitrogens is 2. The van der Waals surface area contributed by atoms with E-state index in [2.05, 4.69) is 26.1 Å². The van der Waals surface area contributed by atoms with Gasteiger partial charge in [0.2, 0.25) is 11.6 Å². The number of carbonyl (C=O) groups excluding carboxylic acids is 1. The number of nitrogens with one attached hydrogen (secondary N) is 3. The summed E-state index contributed by atoms with van der Waals surface area (Å²) in [4.78, 5) is 30.4. The Kier molecular flexibility index (Phi) is 6.43. The van der Waals surface area contributed by atoms with E-state index in [4.69, 9.17) is 16.3 Å². The second-order valence-corrected chi connectivity index (χ2v) is 5.06. The van der Waals surface area contributed by atoms with E-state index in [1.165, 1.54) is 13.2 Å². The summed E-state index contributed by atoms with van der Waals surface area (Å²) >= 11 is 5.93. The molecule has 1 heterocycles. The smallest absolute Gasteiger partial charge is 0.354 e. The van der Waals surface area contributed by atoms with E-state index in [1.807, 2.05) is 0 Å². The first kappa shape index (κ1) is 18.4. The Hall–Kier alpha value is -2.98. The average molecular weight is 367 g/mol. The van der Waals surface area contributed by atoms with Gasteiger partial charge in [-0.2, -0.15) is 0 Å². The van der Waals surface area contributed by atoms with Crippen molar-refractivity contribution in [1.82, 2.24) is 15.4 Å². The van der Waals surface area contributed by atoms with E-state index < -0.39 is 16.5 Å². The Labute approximate surface area is 147 Å². The summed E-state index contributed by atoms with van der Waals surface area (Å²) in [7, 11) is 1.51. The lowest BCUT2D eigenvalue weighted by molar-refractivity contribution is -0.383. The molecule has 0 aliphatic carbocycles. The molecular formula is C14H15ClN6O4. The molecule has 0 spiro atoms. The topological polar surface area (TPSA) is 131 Å². The number of methoxy groups -OCH3 is 1. The lowest BCUT2D eigenvalue weighted by Gasteiger charge is -2.11. The molecule has 0 atom stereocenters. The lowest BCUT2D eigenvalue weighted by Crippen LogP contribution is -2.30. The summed E-state index contributed by atoms with van der Waals surface area (Å²) in [5.74, 6) is -0.723. The highest BCUT2D eigenvalue weighted by Gasteiger charge is 2.23. The molecule has 0 saturated heterocycles. The van der Waals surface area contributed by atoms with Crippen LogP contribution < -0.4 is 16.2 Å². The van der Waals surface area contributed by atoms with Crippen LogP contribution in [0, 0.1) is 10.1 Å². The fourth-order valence-electron chi connectivity index (χ4n) is 1.87. The normalized spacial score (nSPS) is 10.2. The summed E-state index contributed by atoms with van der Waals surface area (Å²) in [5, 5.41) is 14.3. The second-order valence-electron chi connectivity index (χ2n) is 4.66. The van der Waals surface area contributed by atoms with Crippen LogP contribution in [0.15, 0.2) is 30.6 Å². The maximum absolute atomic E-state index is 12.1. The van der Waals surface area contributed by atoms with Gasteiger partial charge in [-0.1, -0.05) is 23.7 Å². The third-order valence-corrected chi connectivity index (χ3v) is 3.35. The average Bonchev–Trinajstić information content (AvgIpc) is 2.60. The van der Waals surface area contributed by atoms with Gasteiger partial charge >= 0.3 is 5.69 Å². The van der Waals surface area contributed by atoms with Crippen molar-refractivity contribution >= 4 is 34.8 Å². The van der Waals surface area contributed by atoms with Crippen molar-refractivity contribution in [2.75, 3.05) is 31.0 Å². The van der Waals surface area contributed by atoms with E-state index >= 15 is 0 Å². The molecule has 0 saturated carbocycles. The fraction of sp³-hybridized carbons (Fsp3) is 0.214. The fourth-order valence-corrected chi connectivity index (χ4v) is 2.09. The molecule has 3 N–H and O–H groups in total. The number of hydrogen-bond acceptors (Lipinski definition) is 8. The predicted molar refractivity (Wildman–Crippen MR) is 91.6 cm³/mol. The first-order valence-electron chi connectivity index (χ1n) is 7.07. The molecule has 0 fully saturated rings. The van der Waals surface area contributed by atoms with Crippen LogP contribution in [0.25, 0.3) is 0 Å². The summed E-state index contributed by atoms with van der Waals surface area (Å²) in [6, 6.07) is 6.40. The van der Waals surface area contributed by atoms with E-state index in [0.717, 1.165) is 6.33 Å². The zero-order valence-corrected chi connectivity index (χ0v) is 13.9. The molecule has 11 heteroatoms. The van der Waals surface area contributed by atoms with Crippen molar-refractivity contribution < 1.29 is 14.5 Å². The van der Waals surface area contributed by atoms with Crippen molar-refractivity contribution in [2.24, 2.45) is 0 Å². The maximum atomic E-state index is 12.1. The minimum atomic E-state index is -0.654. The number of carbonyl (C=O) groups is 1. The highest BCUT2D eigenvalue weighted by molar-refractivity contribution is 6.33. The number of halogens is 1. The highest BCUT2D eigenvalue weighted by atomic mass is 35.5. The van der Waals surface area contributed by atoms with Gasteiger partial charge in [-0.05, 0) is 12.1 Å². The first-order chi connectivity index (χ1) is 12.0. The van der Waals surface area contributed by atoms with Gasteiger partial charge in [0.05, 0.1) is 22.1 Å². The summed E-state index contributed by atoms with van der Waals surface area (Å²) in [5.41, 5.74) is 4.56. The number of nitro groups is 1. The molecule has 0 bridgehead atoms. The van der Waals surface area contributed by atoms with Crippen LogP contribution in [0.1, 0.15) is 10.4 Å². The Morgan fingerprint density at radius 3 is 2.72 bits per heavy atom. The molecule has 0 unspecified atom stereocenters. The Balaban J connectivity index is 2.16. The van der Waals surface area contributed by atoms with Crippen LogP contribution >= 0.6 is 11.6 Å². The van der Waals surface area contributed by atoms with Crippen molar-refractivity contribution in [1.29, 1.82) is 0 Å². The van der Waals surface area contributed by atoms with Gasteiger partial charge < -0.3 is 10.1 Å². The van der Waals surface area contributed by atoms with Crippen LogP contribution in [0.2, 0.25) is 5.02 Å². The Bertz CT molecular complexity index is 773. The van der Waals surface area contributed by atoms with Crippen LogP contribution in [0.4, 0.5) is 17.3 Å². The predicted octanol–water partition coefficient (Wildman–Crippen LogP) is 1.85. The zero-order valence-electron chi connectivity index (χ0n) is 13.2. The number of benzene rings is 1. The molecule has 1 aromatic carbocycles. The van der Waals surface area contributed by atoms with Gasteiger partial charge in [-0.3, -0.25) is 25.8 Å². The van der Waals surface area contributed by atoms with Crippen LogP contribution in [-0.2, 0) is 4.74 Å². The van der Waals surface area contributed by atoms with Gasteiger partial charge in [-0.15, -0.1) is 0 Å². The third kappa shape index (κ3) is 4.75. The number of hydrogen-bond donors (Lipinski definition) is 3.